The Kier molecular flexibility index (Phi) is 5.87. The molecular formula is C16H18ClNO5. The number of hydrogen-bond donors (Lipinski definition) is 1. The van der Waals surface area contributed by atoms with Gasteiger partial charge < -0.3 is 19.5 Å². The van der Waals surface area contributed by atoms with E-state index in [-0.39, 0.29) is 12.7 Å². The average molecular weight is 340 g/mol. The van der Waals surface area contributed by atoms with Gasteiger partial charge >= 0.3 is 5.97 Å². The number of ether oxygens (including phenoxy) is 3. The van der Waals surface area contributed by atoms with Gasteiger partial charge in [0.25, 0.3) is 5.91 Å². The molecule has 0 aliphatic carbocycles. The Bertz CT molecular complexity index is 629. The molecule has 0 radical (unpaired) electrons. The van der Waals surface area contributed by atoms with E-state index in [9.17, 15) is 9.59 Å². The Hall–Kier alpha value is -2.21. The molecule has 0 bridgehead atoms. The van der Waals surface area contributed by atoms with Crippen LogP contribution in [0.4, 0.5) is 0 Å². The van der Waals surface area contributed by atoms with Gasteiger partial charge in [-0.1, -0.05) is 18.5 Å². The zero-order valence-corrected chi connectivity index (χ0v) is 13.7. The summed E-state index contributed by atoms with van der Waals surface area (Å²) in [5, 5.41) is 3.06. The lowest BCUT2D eigenvalue weighted by molar-refractivity contribution is -0.150. The summed E-state index contributed by atoms with van der Waals surface area (Å²) in [4.78, 5) is 23.4. The molecule has 0 fully saturated rings. The predicted molar refractivity (Wildman–Crippen MR) is 85.5 cm³/mol. The van der Waals surface area contributed by atoms with Crippen molar-refractivity contribution in [3.63, 3.8) is 0 Å². The van der Waals surface area contributed by atoms with Crippen molar-refractivity contribution in [2.75, 3.05) is 13.3 Å². The highest BCUT2D eigenvalue weighted by molar-refractivity contribution is 6.32. The van der Waals surface area contributed by atoms with Gasteiger partial charge in [0.15, 0.2) is 17.6 Å². The fourth-order valence-electron chi connectivity index (χ4n) is 1.91. The van der Waals surface area contributed by atoms with Gasteiger partial charge in [-0.05, 0) is 37.1 Å². The monoisotopic (exact) mass is 339 g/mol. The van der Waals surface area contributed by atoms with Crippen LogP contribution < -0.4 is 14.8 Å². The molecule has 1 heterocycles. The summed E-state index contributed by atoms with van der Waals surface area (Å²) in [7, 11) is 0. The maximum Gasteiger partial charge on any atom is 0.331 e. The van der Waals surface area contributed by atoms with Gasteiger partial charge in [-0.25, -0.2) is 4.79 Å². The molecule has 0 unspecified atom stereocenters. The molecule has 1 aromatic carbocycles. The molecule has 1 aliphatic heterocycles. The Morgan fingerprint density at radius 2 is 2.22 bits per heavy atom. The van der Waals surface area contributed by atoms with Crippen molar-refractivity contribution in [1.29, 1.82) is 0 Å². The molecule has 1 atom stereocenters. The number of nitrogens with one attached hydrogen (secondary N) is 1. The molecule has 23 heavy (non-hydrogen) atoms. The van der Waals surface area contributed by atoms with Crippen LogP contribution in [-0.4, -0.2) is 31.3 Å². The van der Waals surface area contributed by atoms with Crippen LogP contribution in [0.25, 0.3) is 6.08 Å². The third-order valence-corrected chi connectivity index (χ3v) is 3.35. The molecule has 0 spiro atoms. The van der Waals surface area contributed by atoms with Crippen molar-refractivity contribution in [2.24, 2.45) is 0 Å². The van der Waals surface area contributed by atoms with Crippen LogP contribution in [0.1, 0.15) is 25.8 Å². The fraction of sp³-hybridized carbons (Fsp3) is 0.375. The van der Waals surface area contributed by atoms with Crippen molar-refractivity contribution in [3.05, 3.63) is 28.8 Å². The normalized spacial score (nSPS) is 13.9. The lowest BCUT2D eigenvalue weighted by Gasteiger charge is -2.11. The van der Waals surface area contributed by atoms with E-state index in [1.165, 1.54) is 19.1 Å². The third-order valence-electron chi connectivity index (χ3n) is 3.07. The maximum atomic E-state index is 11.7. The number of fused-ring (bicyclic) bond motifs is 1. The zero-order valence-electron chi connectivity index (χ0n) is 12.9. The van der Waals surface area contributed by atoms with Gasteiger partial charge in [-0.2, -0.15) is 0 Å². The minimum absolute atomic E-state index is 0.120. The first-order valence-electron chi connectivity index (χ1n) is 7.26. The Labute approximate surface area is 139 Å². The largest absolute Gasteiger partial charge is 0.454 e. The van der Waals surface area contributed by atoms with Crippen molar-refractivity contribution >= 4 is 29.6 Å². The number of carbonyl (C=O) groups is 2. The quantitative estimate of drug-likeness (QED) is 0.637. The van der Waals surface area contributed by atoms with Gasteiger partial charge in [0.05, 0.1) is 5.02 Å². The lowest BCUT2D eigenvalue weighted by Crippen LogP contribution is -2.35. The molecule has 0 aromatic heterocycles. The van der Waals surface area contributed by atoms with Gasteiger partial charge in [-0.15, -0.1) is 0 Å². The van der Waals surface area contributed by atoms with Crippen LogP contribution in [0.15, 0.2) is 18.2 Å². The molecule has 2 rings (SSSR count). The minimum Gasteiger partial charge on any atom is -0.454 e. The zero-order chi connectivity index (χ0) is 16.8. The van der Waals surface area contributed by atoms with Crippen LogP contribution in [-0.2, 0) is 14.3 Å². The van der Waals surface area contributed by atoms with Crippen LogP contribution in [0.3, 0.4) is 0 Å². The van der Waals surface area contributed by atoms with Gasteiger partial charge in [0.1, 0.15) is 0 Å². The van der Waals surface area contributed by atoms with E-state index in [1.54, 1.807) is 12.1 Å². The second-order valence-corrected chi connectivity index (χ2v) is 5.35. The fourth-order valence-corrected chi connectivity index (χ4v) is 2.18. The third kappa shape index (κ3) is 4.63. The molecular weight excluding hydrogens is 322 g/mol. The van der Waals surface area contributed by atoms with Crippen LogP contribution in [0, 0.1) is 0 Å². The summed E-state index contributed by atoms with van der Waals surface area (Å²) in [6.07, 6.45) is 2.74. The standard InChI is InChI=1S/C16H18ClNO5/c1-3-6-18-16(20)10(2)23-14(19)5-4-11-7-12(17)15-13(8-11)21-9-22-15/h4-5,7-8,10H,3,6,9H2,1-2H3,(H,18,20)/b5-4+/t10-/m1/s1. The highest BCUT2D eigenvalue weighted by Crippen LogP contribution is 2.40. The van der Waals surface area contributed by atoms with Gasteiger partial charge in [0.2, 0.25) is 6.79 Å². The van der Waals surface area contributed by atoms with E-state index in [1.807, 2.05) is 6.92 Å². The molecule has 1 amide bonds. The Balaban J connectivity index is 1.94. The highest BCUT2D eigenvalue weighted by Gasteiger charge is 2.18. The maximum absolute atomic E-state index is 11.7. The Morgan fingerprint density at radius 1 is 1.43 bits per heavy atom. The number of hydrogen-bond acceptors (Lipinski definition) is 5. The predicted octanol–water partition coefficient (Wildman–Crippen LogP) is 2.54. The average Bonchev–Trinajstić information content (AvgIpc) is 2.99. The van der Waals surface area contributed by atoms with Crippen LogP contribution >= 0.6 is 11.6 Å². The van der Waals surface area contributed by atoms with Crippen LogP contribution in [0.5, 0.6) is 11.5 Å². The van der Waals surface area contributed by atoms with E-state index < -0.39 is 12.1 Å². The second kappa shape index (κ2) is 7.87. The lowest BCUT2D eigenvalue weighted by atomic mass is 10.2. The first-order chi connectivity index (χ1) is 11.0. The molecule has 0 saturated carbocycles. The topological polar surface area (TPSA) is 73.9 Å². The highest BCUT2D eigenvalue weighted by atomic mass is 35.5. The number of carbonyl (C=O) groups excluding carboxylic acids is 2. The van der Waals surface area contributed by atoms with E-state index >= 15 is 0 Å². The van der Waals surface area contributed by atoms with Crippen molar-refractivity contribution in [2.45, 2.75) is 26.4 Å². The molecule has 124 valence electrons. The molecule has 6 nitrogen and oxygen atoms in total. The molecule has 7 heteroatoms. The first-order valence-corrected chi connectivity index (χ1v) is 7.64. The number of halogens is 1. The van der Waals surface area contributed by atoms with Gasteiger partial charge in [0, 0.05) is 12.6 Å². The molecule has 1 N–H and O–H groups in total. The number of amides is 1. The molecule has 0 saturated heterocycles. The molecule has 1 aromatic rings. The second-order valence-electron chi connectivity index (χ2n) is 4.94. The van der Waals surface area contributed by atoms with Crippen molar-refractivity contribution < 1.29 is 23.8 Å². The summed E-state index contributed by atoms with van der Waals surface area (Å²) >= 11 is 6.06. The number of benzene rings is 1. The summed E-state index contributed by atoms with van der Waals surface area (Å²) in [5.41, 5.74) is 0.666. The molecule has 1 aliphatic rings. The summed E-state index contributed by atoms with van der Waals surface area (Å²) in [5.74, 6) is 0.0862. The summed E-state index contributed by atoms with van der Waals surface area (Å²) in [6, 6.07) is 3.35. The van der Waals surface area contributed by atoms with Gasteiger partial charge in [-0.3, -0.25) is 4.79 Å². The van der Waals surface area contributed by atoms with E-state index in [0.29, 0.717) is 28.6 Å². The first kappa shape index (κ1) is 17.1. The number of rotatable bonds is 6. The summed E-state index contributed by atoms with van der Waals surface area (Å²) < 4.78 is 15.5. The SMILES string of the molecule is CCCNC(=O)[C@@H](C)OC(=O)/C=C/c1cc(Cl)c2c(c1)OCO2. The van der Waals surface area contributed by atoms with Crippen LogP contribution in [0.2, 0.25) is 5.02 Å². The smallest absolute Gasteiger partial charge is 0.331 e. The van der Waals surface area contributed by atoms with E-state index in [4.69, 9.17) is 25.8 Å². The van der Waals surface area contributed by atoms with Crippen molar-refractivity contribution in [1.82, 2.24) is 5.32 Å². The van der Waals surface area contributed by atoms with Crippen molar-refractivity contribution in [3.8, 4) is 11.5 Å². The Morgan fingerprint density at radius 3 is 2.96 bits per heavy atom. The number of esters is 1. The summed E-state index contributed by atoms with van der Waals surface area (Å²) in [6.45, 7) is 4.13. The van der Waals surface area contributed by atoms with E-state index in [2.05, 4.69) is 5.32 Å². The minimum atomic E-state index is -0.848. The van der Waals surface area contributed by atoms with E-state index in [0.717, 1.165) is 6.42 Å².